The van der Waals surface area contributed by atoms with Crippen LogP contribution in [0, 0.1) is 5.92 Å². The summed E-state index contributed by atoms with van der Waals surface area (Å²) in [5, 5.41) is 0.107. The summed E-state index contributed by atoms with van der Waals surface area (Å²) in [6, 6.07) is 9.18. The number of nitrogens with one attached hydrogen (secondary N) is 1. The van der Waals surface area contributed by atoms with Crippen LogP contribution in [0.15, 0.2) is 39.9 Å². The average Bonchev–Trinajstić information content (AvgIpc) is 2.37. The summed E-state index contributed by atoms with van der Waals surface area (Å²) < 4.78 is 1.28. The Hall–Kier alpha value is -1.81. The minimum Gasteiger partial charge on any atom is -0.297 e. The largest absolute Gasteiger partial charge is 0.329 e. The summed E-state index contributed by atoms with van der Waals surface area (Å²) in [5.74, 6) is 0.429. The van der Waals surface area contributed by atoms with Gasteiger partial charge >= 0.3 is 5.69 Å². The SMILES string of the molecule is O=c1[nH]c(Cl)c(-c2ccccc2)c(=O)n1CC1CCC1. The predicted octanol–water partition coefficient (Wildman–Crippen LogP) is 2.66. The molecule has 5 heteroatoms. The molecule has 1 saturated carbocycles. The van der Waals surface area contributed by atoms with Crippen molar-refractivity contribution in [3.63, 3.8) is 0 Å². The van der Waals surface area contributed by atoms with E-state index in [4.69, 9.17) is 11.6 Å². The zero-order chi connectivity index (χ0) is 14.1. The molecule has 0 bridgehead atoms. The van der Waals surface area contributed by atoms with E-state index in [9.17, 15) is 9.59 Å². The quantitative estimate of drug-likeness (QED) is 0.884. The van der Waals surface area contributed by atoms with E-state index >= 15 is 0 Å². The van der Waals surface area contributed by atoms with E-state index < -0.39 is 5.69 Å². The van der Waals surface area contributed by atoms with Crippen LogP contribution >= 0.6 is 11.6 Å². The van der Waals surface area contributed by atoms with Gasteiger partial charge in [0.2, 0.25) is 0 Å². The number of aromatic amines is 1. The Morgan fingerprint density at radius 1 is 1.20 bits per heavy atom. The van der Waals surface area contributed by atoms with Crippen molar-refractivity contribution in [3.05, 3.63) is 56.3 Å². The lowest BCUT2D eigenvalue weighted by molar-refractivity contribution is 0.270. The molecule has 0 saturated heterocycles. The Labute approximate surface area is 121 Å². The van der Waals surface area contributed by atoms with E-state index in [1.54, 1.807) is 0 Å². The third-order valence-electron chi connectivity index (χ3n) is 3.87. The van der Waals surface area contributed by atoms with Crippen molar-refractivity contribution in [3.8, 4) is 11.1 Å². The highest BCUT2D eigenvalue weighted by Crippen LogP contribution is 2.27. The van der Waals surface area contributed by atoms with E-state index in [0.29, 0.717) is 18.0 Å². The molecule has 0 amide bonds. The van der Waals surface area contributed by atoms with Crippen molar-refractivity contribution < 1.29 is 0 Å². The first-order chi connectivity index (χ1) is 9.66. The fourth-order valence-electron chi connectivity index (χ4n) is 2.50. The van der Waals surface area contributed by atoms with Crippen molar-refractivity contribution in [1.82, 2.24) is 9.55 Å². The molecule has 0 unspecified atom stereocenters. The minimum absolute atomic E-state index is 0.107. The number of hydrogen-bond donors (Lipinski definition) is 1. The van der Waals surface area contributed by atoms with Crippen LogP contribution in [0.3, 0.4) is 0 Å². The Morgan fingerprint density at radius 2 is 1.90 bits per heavy atom. The number of H-pyrrole nitrogens is 1. The van der Waals surface area contributed by atoms with Crippen LogP contribution < -0.4 is 11.2 Å². The lowest BCUT2D eigenvalue weighted by Crippen LogP contribution is -2.39. The first-order valence-electron chi connectivity index (χ1n) is 6.75. The highest BCUT2D eigenvalue weighted by molar-refractivity contribution is 6.32. The van der Waals surface area contributed by atoms with Gasteiger partial charge in [-0.1, -0.05) is 48.4 Å². The maximum atomic E-state index is 12.5. The second kappa shape index (κ2) is 5.29. The van der Waals surface area contributed by atoms with Gasteiger partial charge in [0.05, 0.1) is 5.56 Å². The van der Waals surface area contributed by atoms with E-state index in [1.165, 1.54) is 11.0 Å². The van der Waals surface area contributed by atoms with Crippen molar-refractivity contribution in [2.75, 3.05) is 0 Å². The lowest BCUT2D eigenvalue weighted by Gasteiger charge is -2.25. The van der Waals surface area contributed by atoms with E-state index in [0.717, 1.165) is 18.4 Å². The maximum Gasteiger partial charge on any atom is 0.329 e. The van der Waals surface area contributed by atoms with Crippen LogP contribution in [-0.2, 0) is 6.54 Å². The molecule has 0 atom stereocenters. The molecular formula is C15H15ClN2O2. The summed E-state index contributed by atoms with van der Waals surface area (Å²) in [6.07, 6.45) is 3.33. The topological polar surface area (TPSA) is 54.9 Å². The smallest absolute Gasteiger partial charge is 0.297 e. The molecule has 1 aromatic heterocycles. The van der Waals surface area contributed by atoms with E-state index in [-0.39, 0.29) is 10.7 Å². The van der Waals surface area contributed by atoms with Crippen LogP contribution in [0.5, 0.6) is 0 Å². The van der Waals surface area contributed by atoms with Gasteiger partial charge in [-0.05, 0) is 24.3 Å². The van der Waals surface area contributed by atoms with Gasteiger partial charge < -0.3 is 0 Å². The molecule has 1 N–H and O–H groups in total. The number of hydrogen-bond acceptors (Lipinski definition) is 2. The molecule has 0 spiro atoms. The molecule has 2 aromatic rings. The molecule has 20 heavy (non-hydrogen) atoms. The van der Waals surface area contributed by atoms with Crippen LogP contribution in [0.1, 0.15) is 19.3 Å². The minimum atomic E-state index is -0.424. The Morgan fingerprint density at radius 3 is 2.50 bits per heavy atom. The number of nitrogens with zero attached hydrogens (tertiary/aromatic N) is 1. The normalized spacial score (nSPS) is 15.1. The van der Waals surface area contributed by atoms with Crippen LogP contribution in [0.2, 0.25) is 5.15 Å². The molecule has 1 aliphatic carbocycles. The molecule has 1 aliphatic rings. The summed E-state index contributed by atoms with van der Waals surface area (Å²) in [6.45, 7) is 0.477. The predicted molar refractivity (Wildman–Crippen MR) is 79.1 cm³/mol. The second-order valence-corrected chi connectivity index (χ2v) is 5.58. The monoisotopic (exact) mass is 290 g/mol. The third-order valence-corrected chi connectivity index (χ3v) is 4.15. The molecule has 3 rings (SSSR count). The second-order valence-electron chi connectivity index (χ2n) is 5.20. The zero-order valence-corrected chi connectivity index (χ0v) is 11.7. The van der Waals surface area contributed by atoms with Gasteiger partial charge in [-0.25, -0.2) is 4.79 Å². The fraction of sp³-hybridized carbons (Fsp3) is 0.333. The Bertz CT molecular complexity index is 730. The van der Waals surface area contributed by atoms with Crippen molar-refractivity contribution in [2.45, 2.75) is 25.8 Å². The first-order valence-corrected chi connectivity index (χ1v) is 7.12. The van der Waals surface area contributed by atoms with Gasteiger partial charge in [-0.2, -0.15) is 0 Å². The van der Waals surface area contributed by atoms with Gasteiger partial charge in [0.25, 0.3) is 5.56 Å². The van der Waals surface area contributed by atoms with Crippen molar-refractivity contribution in [1.29, 1.82) is 0 Å². The van der Waals surface area contributed by atoms with Gasteiger partial charge in [0, 0.05) is 6.54 Å². The van der Waals surface area contributed by atoms with Crippen LogP contribution in [-0.4, -0.2) is 9.55 Å². The summed E-state index contributed by atoms with van der Waals surface area (Å²) >= 11 is 6.06. The number of halogens is 1. The molecule has 1 fully saturated rings. The van der Waals surface area contributed by atoms with Gasteiger partial charge in [0.15, 0.2) is 0 Å². The van der Waals surface area contributed by atoms with E-state index in [1.807, 2.05) is 30.3 Å². The van der Waals surface area contributed by atoms with Crippen molar-refractivity contribution >= 4 is 11.6 Å². The maximum absolute atomic E-state index is 12.5. The Kier molecular flexibility index (Phi) is 3.49. The summed E-state index contributed by atoms with van der Waals surface area (Å²) in [5.41, 5.74) is 0.357. The van der Waals surface area contributed by atoms with Crippen LogP contribution in [0.25, 0.3) is 11.1 Å². The van der Waals surface area contributed by atoms with Gasteiger partial charge in [-0.3, -0.25) is 14.3 Å². The standard InChI is InChI=1S/C15H15ClN2O2/c16-13-12(11-7-2-1-3-8-11)14(19)18(15(20)17-13)9-10-5-4-6-10/h1-3,7-8,10H,4-6,9H2,(H,17,20). The molecule has 0 aliphatic heterocycles. The van der Waals surface area contributed by atoms with Crippen molar-refractivity contribution in [2.24, 2.45) is 5.92 Å². The summed E-state index contributed by atoms with van der Waals surface area (Å²) in [7, 11) is 0. The highest BCUT2D eigenvalue weighted by Gasteiger charge is 2.21. The molecule has 4 nitrogen and oxygen atoms in total. The number of benzene rings is 1. The summed E-state index contributed by atoms with van der Waals surface area (Å²) in [4.78, 5) is 27.1. The van der Waals surface area contributed by atoms with Crippen LogP contribution in [0.4, 0.5) is 0 Å². The molecule has 1 aromatic carbocycles. The fourth-order valence-corrected chi connectivity index (χ4v) is 2.77. The van der Waals surface area contributed by atoms with Gasteiger partial charge in [-0.15, -0.1) is 0 Å². The zero-order valence-electron chi connectivity index (χ0n) is 10.9. The average molecular weight is 291 g/mol. The lowest BCUT2D eigenvalue weighted by atomic mass is 9.85. The van der Waals surface area contributed by atoms with E-state index in [2.05, 4.69) is 4.98 Å². The molecular weight excluding hydrogens is 276 g/mol. The number of aromatic nitrogens is 2. The number of rotatable bonds is 3. The Balaban J connectivity index is 2.12. The van der Waals surface area contributed by atoms with Gasteiger partial charge in [0.1, 0.15) is 5.15 Å². The molecule has 104 valence electrons. The molecule has 1 heterocycles. The molecule has 0 radical (unpaired) electrons. The highest BCUT2D eigenvalue weighted by atomic mass is 35.5. The first kappa shape index (κ1) is 13.2. The third kappa shape index (κ3) is 2.31.